The van der Waals surface area contributed by atoms with Gasteiger partial charge in [0.05, 0.1) is 6.61 Å². The molecule has 1 saturated carbocycles. The molecule has 2 atom stereocenters. The van der Waals surface area contributed by atoms with Gasteiger partial charge < -0.3 is 15.0 Å². The number of piperidine rings is 1. The number of rotatable bonds is 7. The van der Waals surface area contributed by atoms with E-state index in [0.29, 0.717) is 5.41 Å². The van der Waals surface area contributed by atoms with Crippen LogP contribution in [-0.4, -0.2) is 51.3 Å². The minimum atomic E-state index is 0.517. The van der Waals surface area contributed by atoms with Crippen LogP contribution in [0.15, 0.2) is 0 Å². The van der Waals surface area contributed by atoms with E-state index in [0.717, 1.165) is 19.1 Å². The SMILES string of the molecule is COCCNCC1(CN2CCCCC2)CCCC(C)C1. The van der Waals surface area contributed by atoms with Gasteiger partial charge in [0.25, 0.3) is 0 Å². The van der Waals surface area contributed by atoms with Gasteiger partial charge in [-0.3, -0.25) is 0 Å². The van der Waals surface area contributed by atoms with Crippen LogP contribution in [0.1, 0.15) is 51.9 Å². The largest absolute Gasteiger partial charge is 0.383 e. The van der Waals surface area contributed by atoms with Crippen molar-refractivity contribution in [3.05, 3.63) is 0 Å². The number of hydrogen-bond acceptors (Lipinski definition) is 3. The molecule has 0 amide bonds. The number of ether oxygens (including phenoxy) is 1. The quantitative estimate of drug-likeness (QED) is 0.727. The van der Waals surface area contributed by atoms with Gasteiger partial charge in [-0.25, -0.2) is 0 Å². The smallest absolute Gasteiger partial charge is 0.0587 e. The number of nitrogens with zero attached hydrogens (tertiary/aromatic N) is 1. The van der Waals surface area contributed by atoms with Crippen LogP contribution in [0, 0.1) is 11.3 Å². The Morgan fingerprint density at radius 2 is 2.00 bits per heavy atom. The molecule has 3 heteroatoms. The summed E-state index contributed by atoms with van der Waals surface area (Å²) in [6.45, 7) is 9.41. The van der Waals surface area contributed by atoms with Gasteiger partial charge in [0.15, 0.2) is 0 Å². The fraction of sp³-hybridized carbons (Fsp3) is 1.00. The van der Waals surface area contributed by atoms with Crippen LogP contribution < -0.4 is 5.32 Å². The first-order valence-corrected chi connectivity index (χ1v) is 8.66. The predicted molar refractivity (Wildman–Crippen MR) is 85.1 cm³/mol. The Kier molecular flexibility index (Phi) is 6.79. The zero-order valence-electron chi connectivity index (χ0n) is 13.6. The van der Waals surface area contributed by atoms with Gasteiger partial charge in [0.2, 0.25) is 0 Å². The van der Waals surface area contributed by atoms with Gasteiger partial charge in [0, 0.05) is 26.7 Å². The summed E-state index contributed by atoms with van der Waals surface area (Å²) in [5.41, 5.74) is 0.517. The highest BCUT2D eigenvalue weighted by atomic mass is 16.5. The van der Waals surface area contributed by atoms with Crippen LogP contribution in [0.4, 0.5) is 0 Å². The Morgan fingerprint density at radius 1 is 1.20 bits per heavy atom. The highest BCUT2D eigenvalue weighted by molar-refractivity contribution is 4.90. The van der Waals surface area contributed by atoms with Crippen molar-refractivity contribution >= 4 is 0 Å². The molecule has 0 aromatic heterocycles. The fourth-order valence-corrected chi connectivity index (χ4v) is 4.25. The summed E-state index contributed by atoms with van der Waals surface area (Å²) in [6.07, 6.45) is 9.91. The molecule has 3 nitrogen and oxygen atoms in total. The molecule has 0 aromatic carbocycles. The summed E-state index contributed by atoms with van der Waals surface area (Å²) in [4.78, 5) is 2.74. The van der Waals surface area contributed by atoms with E-state index in [1.165, 1.54) is 71.1 Å². The number of nitrogens with one attached hydrogen (secondary N) is 1. The maximum Gasteiger partial charge on any atom is 0.0587 e. The molecule has 0 spiro atoms. The van der Waals surface area contributed by atoms with Crippen LogP contribution in [0.5, 0.6) is 0 Å². The van der Waals surface area contributed by atoms with E-state index in [-0.39, 0.29) is 0 Å². The highest BCUT2D eigenvalue weighted by Gasteiger charge is 2.36. The van der Waals surface area contributed by atoms with Gasteiger partial charge in [-0.1, -0.05) is 26.2 Å². The maximum atomic E-state index is 5.16. The van der Waals surface area contributed by atoms with Crippen molar-refractivity contribution in [3.8, 4) is 0 Å². The van der Waals surface area contributed by atoms with Gasteiger partial charge in [0.1, 0.15) is 0 Å². The van der Waals surface area contributed by atoms with E-state index in [1.807, 2.05) is 0 Å². The van der Waals surface area contributed by atoms with Gasteiger partial charge >= 0.3 is 0 Å². The van der Waals surface area contributed by atoms with E-state index in [2.05, 4.69) is 17.1 Å². The molecule has 0 aromatic rings. The average molecular weight is 282 g/mol. The van der Waals surface area contributed by atoms with Crippen molar-refractivity contribution in [2.24, 2.45) is 11.3 Å². The molecular formula is C17H34N2O. The lowest BCUT2D eigenvalue weighted by molar-refractivity contribution is 0.0685. The first-order chi connectivity index (χ1) is 9.74. The highest BCUT2D eigenvalue weighted by Crippen LogP contribution is 2.40. The topological polar surface area (TPSA) is 24.5 Å². The van der Waals surface area contributed by atoms with E-state index >= 15 is 0 Å². The van der Waals surface area contributed by atoms with Crippen molar-refractivity contribution in [2.45, 2.75) is 51.9 Å². The molecule has 1 saturated heterocycles. The Balaban J connectivity index is 1.88. The van der Waals surface area contributed by atoms with E-state index in [4.69, 9.17) is 4.74 Å². The molecule has 1 N–H and O–H groups in total. The summed E-state index contributed by atoms with van der Waals surface area (Å²) < 4.78 is 5.16. The number of likely N-dealkylation sites (tertiary alicyclic amines) is 1. The molecule has 118 valence electrons. The van der Waals surface area contributed by atoms with E-state index in [9.17, 15) is 0 Å². The monoisotopic (exact) mass is 282 g/mol. The van der Waals surface area contributed by atoms with Crippen LogP contribution in [0.3, 0.4) is 0 Å². The molecule has 2 rings (SSSR count). The molecule has 1 aliphatic carbocycles. The van der Waals surface area contributed by atoms with Crippen LogP contribution in [0.25, 0.3) is 0 Å². The van der Waals surface area contributed by atoms with Crippen LogP contribution in [0.2, 0.25) is 0 Å². The molecule has 0 bridgehead atoms. The number of methoxy groups -OCH3 is 1. The van der Waals surface area contributed by atoms with E-state index in [1.54, 1.807) is 7.11 Å². The average Bonchev–Trinajstić information content (AvgIpc) is 2.45. The second-order valence-electron chi connectivity index (χ2n) is 7.21. The summed E-state index contributed by atoms with van der Waals surface area (Å²) in [5, 5.41) is 3.66. The van der Waals surface area contributed by atoms with E-state index < -0.39 is 0 Å². The molecule has 0 radical (unpaired) electrons. The summed E-state index contributed by atoms with van der Waals surface area (Å²) in [7, 11) is 1.79. The molecule has 2 unspecified atom stereocenters. The van der Waals surface area contributed by atoms with Crippen molar-refractivity contribution in [1.82, 2.24) is 10.2 Å². The number of hydrogen-bond donors (Lipinski definition) is 1. The second-order valence-corrected chi connectivity index (χ2v) is 7.21. The molecule has 2 fully saturated rings. The minimum Gasteiger partial charge on any atom is -0.383 e. The van der Waals surface area contributed by atoms with Crippen molar-refractivity contribution in [1.29, 1.82) is 0 Å². The van der Waals surface area contributed by atoms with Crippen LogP contribution in [-0.2, 0) is 4.74 Å². The fourth-order valence-electron chi connectivity index (χ4n) is 4.25. The third-order valence-corrected chi connectivity index (χ3v) is 5.18. The lowest BCUT2D eigenvalue weighted by Crippen LogP contribution is -2.48. The predicted octanol–water partition coefficient (Wildman–Crippen LogP) is 2.90. The first kappa shape index (κ1) is 16.3. The van der Waals surface area contributed by atoms with Crippen molar-refractivity contribution < 1.29 is 4.74 Å². The third-order valence-electron chi connectivity index (χ3n) is 5.18. The van der Waals surface area contributed by atoms with Gasteiger partial charge in [-0.15, -0.1) is 0 Å². The molecule has 2 aliphatic rings. The van der Waals surface area contributed by atoms with Gasteiger partial charge in [-0.05, 0) is 50.1 Å². The second kappa shape index (κ2) is 8.35. The Hall–Kier alpha value is -0.120. The lowest BCUT2D eigenvalue weighted by atomic mass is 9.69. The first-order valence-electron chi connectivity index (χ1n) is 8.66. The third kappa shape index (κ3) is 5.01. The summed E-state index contributed by atoms with van der Waals surface area (Å²) >= 11 is 0. The lowest BCUT2D eigenvalue weighted by Gasteiger charge is -2.44. The molecule has 1 heterocycles. The maximum absolute atomic E-state index is 5.16. The van der Waals surface area contributed by atoms with Gasteiger partial charge in [-0.2, -0.15) is 0 Å². The molecule has 1 aliphatic heterocycles. The Labute approximate surface area is 125 Å². The molecular weight excluding hydrogens is 248 g/mol. The zero-order chi connectivity index (χ0) is 14.3. The Bertz CT molecular complexity index is 266. The minimum absolute atomic E-state index is 0.517. The molecule has 20 heavy (non-hydrogen) atoms. The summed E-state index contributed by atoms with van der Waals surface area (Å²) in [5.74, 6) is 0.901. The zero-order valence-corrected chi connectivity index (χ0v) is 13.6. The Morgan fingerprint density at radius 3 is 2.70 bits per heavy atom. The summed E-state index contributed by atoms with van der Waals surface area (Å²) in [6, 6.07) is 0. The van der Waals surface area contributed by atoms with Crippen molar-refractivity contribution in [2.75, 3.05) is 46.4 Å². The van der Waals surface area contributed by atoms with Crippen LogP contribution >= 0.6 is 0 Å². The normalized spacial score (nSPS) is 32.4. The van der Waals surface area contributed by atoms with Crippen molar-refractivity contribution in [3.63, 3.8) is 0 Å². The standard InChI is InChI=1S/C17H34N2O/c1-16-7-6-8-17(13-16,14-18-9-12-20-2)15-19-10-4-3-5-11-19/h16,18H,3-15H2,1-2H3.